The van der Waals surface area contributed by atoms with E-state index in [9.17, 15) is 4.79 Å². The normalized spacial score (nSPS) is 6.58. The molecule has 0 aliphatic heterocycles. The molecule has 0 aliphatic carbocycles. The summed E-state index contributed by atoms with van der Waals surface area (Å²) >= 11 is 0. The van der Waals surface area contributed by atoms with Crippen LogP contribution in [0.5, 0.6) is 0 Å². The van der Waals surface area contributed by atoms with E-state index in [2.05, 4.69) is 17.9 Å². The molecule has 0 bridgehead atoms. The molecule has 0 fully saturated rings. The molecule has 2 aromatic rings. The first-order chi connectivity index (χ1) is 13.4. The van der Waals surface area contributed by atoms with E-state index in [0.29, 0.717) is 13.1 Å². The van der Waals surface area contributed by atoms with E-state index >= 15 is 0 Å². The van der Waals surface area contributed by atoms with Gasteiger partial charge in [-0.15, -0.1) is 0 Å². The third-order valence-electron chi connectivity index (χ3n) is 2.46. The third kappa shape index (κ3) is 49.5. The van der Waals surface area contributed by atoms with Gasteiger partial charge in [0.1, 0.15) is 6.61 Å². The number of hydrogen-bond acceptors (Lipinski definition) is 4. The van der Waals surface area contributed by atoms with E-state index in [1.54, 1.807) is 0 Å². The number of hydrogen-bond donors (Lipinski definition) is 0. The number of rotatable bonds is 3. The van der Waals surface area contributed by atoms with Crippen molar-refractivity contribution in [3.8, 4) is 0 Å². The first-order valence-electron chi connectivity index (χ1n) is 8.68. The Labute approximate surface area is 254 Å². The molecular weight excluding hydrogens is 566 g/mol. The summed E-state index contributed by atoms with van der Waals surface area (Å²) in [6.07, 6.45) is 4.25. The average molecular weight is 608 g/mol. The fraction of sp³-hybridized carbons (Fsp3) is 0.259. The molecule has 0 N–H and O–H groups in total. The second-order valence-corrected chi connectivity index (χ2v) is 5.45. The molecule has 0 amide bonds. The van der Waals surface area contributed by atoms with Crippen LogP contribution in [0.3, 0.4) is 0 Å². The first-order valence-corrected chi connectivity index (χ1v) is 8.68. The zero-order chi connectivity index (χ0) is 22.2. The summed E-state index contributed by atoms with van der Waals surface area (Å²) in [5.74, 6) is 0. The molecule has 0 saturated carbocycles. The Kier molecular flexibility index (Phi) is 72.8. The van der Waals surface area contributed by atoms with E-state index in [-0.39, 0.29) is 93.8 Å². The van der Waals surface area contributed by atoms with Crippen molar-refractivity contribution in [2.24, 2.45) is 0 Å². The maximum atomic E-state index is 9.82. The Morgan fingerprint density at radius 2 is 1.09 bits per heavy atom. The predicted molar refractivity (Wildman–Crippen MR) is 135 cm³/mol. The van der Waals surface area contributed by atoms with E-state index in [0.717, 1.165) is 16.0 Å². The van der Waals surface area contributed by atoms with E-state index < -0.39 is 0 Å². The number of benzene rings is 2. The van der Waals surface area contributed by atoms with Crippen molar-refractivity contribution in [2.75, 3.05) is 0 Å². The first kappa shape index (κ1) is 53.5. The van der Waals surface area contributed by atoms with Crippen molar-refractivity contribution in [1.82, 2.24) is 0 Å². The summed E-state index contributed by atoms with van der Waals surface area (Å²) in [6.45, 7) is 18.3. The number of aryl methyl sites for hydroxylation is 1. The maximum Gasteiger partial charge on any atom is 0.373 e. The van der Waals surface area contributed by atoms with Crippen LogP contribution in [0.1, 0.15) is 46.2 Å². The molecule has 4 nitrogen and oxygen atoms in total. The van der Waals surface area contributed by atoms with Gasteiger partial charge in [0.25, 0.3) is 6.47 Å². The Bertz CT molecular complexity index is 672. The van der Waals surface area contributed by atoms with Gasteiger partial charge in [-0.1, -0.05) is 74.7 Å². The minimum absolute atomic E-state index is 0. The molecule has 0 aliphatic rings. The fourth-order valence-electron chi connectivity index (χ4n) is 1.35. The molecule has 0 unspecified atom stereocenters. The van der Waals surface area contributed by atoms with Crippen molar-refractivity contribution in [1.29, 1.82) is 0 Å². The standard InChI is InChI=1S/C9H10O2.C8H8.2C3H7.CO2.CH4.2CH3.2Y/c1-8-2-4-9(5-3-8)6-11-7-10;1-7-3-5-8(2)6-4-7;2*1-3-2;2-1-3;;;;;/h2-5,7H,6H2,1H3;3-6H,1-2H2;2*3H,1-2H3;;1H4;2*1H3;;/q;;2*-1;;;2*-1;;. The minimum atomic E-state index is 0. The van der Waals surface area contributed by atoms with Crippen LogP contribution in [-0.2, 0) is 91.1 Å². The van der Waals surface area contributed by atoms with Gasteiger partial charge in [-0.05, 0) is 22.9 Å². The van der Waals surface area contributed by atoms with Crippen LogP contribution in [0.2, 0.25) is 0 Å². The zero-order valence-electron chi connectivity index (χ0n) is 20.8. The molecule has 0 aromatic heterocycles. The Morgan fingerprint density at radius 3 is 1.33 bits per heavy atom. The number of carbonyl (C=O) groups excluding carboxylic acids is 3. The monoisotopic (exact) mass is 608 g/mol. The SMILES string of the molecule is C.C=c1ccc(=C)cc1.C[CH-]C.C[CH-]C.Cc1ccc(COC=O)cc1.O=C=O.[CH3-].[CH3-].[Y].[Y]. The second-order valence-electron chi connectivity index (χ2n) is 5.45. The summed E-state index contributed by atoms with van der Waals surface area (Å²) in [4.78, 5) is 26.1. The zero-order valence-corrected chi connectivity index (χ0v) is 26.4. The summed E-state index contributed by atoms with van der Waals surface area (Å²) in [7, 11) is 0. The van der Waals surface area contributed by atoms with Gasteiger partial charge < -0.3 is 32.4 Å². The van der Waals surface area contributed by atoms with Gasteiger partial charge in [0.05, 0.1) is 0 Å². The van der Waals surface area contributed by atoms with Gasteiger partial charge >= 0.3 is 6.15 Å². The largest absolute Gasteiger partial charge is 0.463 e. The maximum absolute atomic E-state index is 9.82. The summed E-state index contributed by atoms with van der Waals surface area (Å²) in [5.41, 5.74) is 2.22. The molecule has 0 saturated heterocycles. The number of ether oxygens (including phenoxy) is 1. The molecule has 0 heterocycles. The van der Waals surface area contributed by atoms with Crippen LogP contribution in [0.4, 0.5) is 0 Å². The van der Waals surface area contributed by atoms with E-state index in [1.165, 1.54) is 5.56 Å². The molecule has 0 atom stereocenters. The van der Waals surface area contributed by atoms with Crippen LogP contribution < -0.4 is 10.4 Å². The van der Waals surface area contributed by atoms with Crippen LogP contribution in [0, 0.1) is 34.6 Å². The average Bonchev–Trinajstić information content (AvgIpc) is 2.66. The number of carbonyl (C=O) groups is 1. The van der Waals surface area contributed by atoms with Gasteiger partial charge in [0.2, 0.25) is 0 Å². The van der Waals surface area contributed by atoms with Gasteiger partial charge in [0, 0.05) is 65.4 Å². The van der Waals surface area contributed by atoms with Crippen LogP contribution in [0.15, 0.2) is 48.5 Å². The van der Waals surface area contributed by atoms with Gasteiger partial charge in [-0.3, -0.25) is 4.79 Å². The predicted octanol–water partition coefficient (Wildman–Crippen LogP) is 5.58. The van der Waals surface area contributed by atoms with Gasteiger partial charge in [0.15, 0.2) is 0 Å². The summed E-state index contributed by atoms with van der Waals surface area (Å²) < 4.78 is 4.58. The van der Waals surface area contributed by atoms with Gasteiger partial charge in [-0.2, -0.15) is 37.3 Å². The van der Waals surface area contributed by atoms with Crippen molar-refractivity contribution in [3.05, 3.63) is 97.8 Å². The molecule has 0 spiro atoms. The Morgan fingerprint density at radius 1 is 0.818 bits per heavy atom. The van der Waals surface area contributed by atoms with Gasteiger partial charge in [-0.25, -0.2) is 0 Å². The van der Waals surface area contributed by atoms with Crippen molar-refractivity contribution in [3.63, 3.8) is 0 Å². The molecule has 2 rings (SSSR count). The smallest absolute Gasteiger partial charge is 0.373 e. The van der Waals surface area contributed by atoms with E-state index in [1.807, 2.05) is 96.0 Å². The third-order valence-corrected chi connectivity index (χ3v) is 2.46. The quantitative estimate of drug-likeness (QED) is 0.337. The van der Waals surface area contributed by atoms with Crippen molar-refractivity contribution >= 4 is 25.8 Å². The molecule has 2 aromatic carbocycles. The summed E-state index contributed by atoms with van der Waals surface area (Å²) in [5, 5.41) is 2.08. The molecule has 184 valence electrons. The van der Waals surface area contributed by atoms with E-state index in [4.69, 9.17) is 9.59 Å². The molecule has 6 heteroatoms. The summed E-state index contributed by atoms with van der Waals surface area (Å²) in [6, 6.07) is 15.7. The second kappa shape index (κ2) is 44.8. The molecule has 33 heavy (non-hydrogen) atoms. The Hall–Kier alpha value is -0.762. The minimum Gasteiger partial charge on any atom is -0.463 e. The topological polar surface area (TPSA) is 60.4 Å². The van der Waals surface area contributed by atoms with Crippen molar-refractivity contribution < 1.29 is 84.5 Å². The molecule has 2 radical (unpaired) electrons. The van der Waals surface area contributed by atoms with Crippen LogP contribution >= 0.6 is 0 Å². The Balaban J connectivity index is -0.0000000425. The fourth-order valence-corrected chi connectivity index (χ4v) is 1.35. The van der Waals surface area contributed by atoms with Crippen LogP contribution in [-0.4, -0.2) is 12.6 Å². The van der Waals surface area contributed by atoms with Crippen LogP contribution in [0.25, 0.3) is 13.2 Å². The molecular formula is C27H42O4Y2-4. The van der Waals surface area contributed by atoms with Crippen molar-refractivity contribution in [2.45, 2.75) is 48.7 Å².